The van der Waals surface area contributed by atoms with Crippen LogP contribution in [0.4, 0.5) is 10.1 Å². The first-order valence-electron chi connectivity index (χ1n) is 5.72. The minimum atomic E-state index is -1.18. The third kappa shape index (κ3) is 3.17. The molecule has 0 bridgehead atoms. The van der Waals surface area contributed by atoms with Gasteiger partial charge in [0.1, 0.15) is 6.04 Å². The van der Waals surface area contributed by atoms with Gasteiger partial charge in [-0.1, -0.05) is 5.21 Å². The number of rotatable bonds is 5. The SMILES string of the molecule is NC(Cc1cn(-c2ccc([N+](=O)[O-])c(F)c2)nn1)C(=O)O. The van der Waals surface area contributed by atoms with Gasteiger partial charge in [-0.25, -0.2) is 4.68 Å². The van der Waals surface area contributed by atoms with Crippen molar-refractivity contribution < 1.29 is 19.2 Å². The summed E-state index contributed by atoms with van der Waals surface area (Å²) < 4.78 is 14.7. The normalized spacial score (nSPS) is 12.1. The number of carboxylic acid groups (broad SMARTS) is 1. The van der Waals surface area contributed by atoms with Gasteiger partial charge in [0.2, 0.25) is 5.82 Å². The van der Waals surface area contributed by atoms with E-state index in [1.807, 2.05) is 0 Å². The molecule has 3 N–H and O–H groups in total. The number of benzene rings is 1. The van der Waals surface area contributed by atoms with Crippen LogP contribution in [0.15, 0.2) is 24.4 Å². The average molecular weight is 295 g/mol. The summed E-state index contributed by atoms with van der Waals surface area (Å²) in [5.41, 5.74) is 5.25. The van der Waals surface area contributed by atoms with Gasteiger partial charge in [-0.3, -0.25) is 14.9 Å². The van der Waals surface area contributed by atoms with Crippen LogP contribution < -0.4 is 5.73 Å². The first-order valence-corrected chi connectivity index (χ1v) is 5.72. The van der Waals surface area contributed by atoms with E-state index in [-0.39, 0.29) is 12.1 Å². The van der Waals surface area contributed by atoms with E-state index in [4.69, 9.17) is 10.8 Å². The van der Waals surface area contributed by atoms with Crippen LogP contribution >= 0.6 is 0 Å². The highest BCUT2D eigenvalue weighted by molar-refractivity contribution is 5.73. The molecule has 0 fully saturated rings. The molecule has 1 aromatic heterocycles. The van der Waals surface area contributed by atoms with E-state index in [0.717, 1.165) is 12.1 Å². The van der Waals surface area contributed by atoms with E-state index in [1.165, 1.54) is 16.9 Å². The first kappa shape index (κ1) is 14.5. The molecule has 0 saturated carbocycles. The van der Waals surface area contributed by atoms with E-state index < -0.39 is 28.4 Å². The summed E-state index contributed by atoms with van der Waals surface area (Å²) in [6, 6.07) is 2.13. The van der Waals surface area contributed by atoms with E-state index in [2.05, 4.69) is 10.3 Å². The molecule has 0 aliphatic rings. The van der Waals surface area contributed by atoms with Crippen molar-refractivity contribution in [2.24, 2.45) is 5.73 Å². The van der Waals surface area contributed by atoms with Crippen LogP contribution in [-0.4, -0.2) is 37.0 Å². The summed E-state index contributed by atoms with van der Waals surface area (Å²) in [7, 11) is 0. The van der Waals surface area contributed by atoms with E-state index in [0.29, 0.717) is 5.69 Å². The second kappa shape index (κ2) is 5.63. The van der Waals surface area contributed by atoms with Crippen molar-refractivity contribution in [1.82, 2.24) is 15.0 Å². The zero-order valence-corrected chi connectivity index (χ0v) is 10.5. The Balaban J connectivity index is 2.23. The largest absolute Gasteiger partial charge is 0.480 e. The summed E-state index contributed by atoms with van der Waals surface area (Å²) in [6.07, 6.45) is 1.34. The van der Waals surface area contributed by atoms with Crippen molar-refractivity contribution >= 4 is 11.7 Å². The molecule has 0 spiro atoms. The van der Waals surface area contributed by atoms with Crippen LogP contribution in [0.25, 0.3) is 5.69 Å². The lowest BCUT2D eigenvalue weighted by molar-refractivity contribution is -0.387. The van der Waals surface area contributed by atoms with Crippen molar-refractivity contribution in [2.45, 2.75) is 12.5 Å². The van der Waals surface area contributed by atoms with Gasteiger partial charge in [-0.2, -0.15) is 4.39 Å². The fraction of sp³-hybridized carbons (Fsp3) is 0.182. The van der Waals surface area contributed by atoms with Crippen LogP contribution in [0.1, 0.15) is 5.69 Å². The first-order chi connectivity index (χ1) is 9.88. The topological polar surface area (TPSA) is 137 Å². The number of hydrogen-bond acceptors (Lipinski definition) is 6. The zero-order valence-electron chi connectivity index (χ0n) is 10.5. The maximum absolute atomic E-state index is 13.5. The summed E-state index contributed by atoms with van der Waals surface area (Å²) in [6.45, 7) is 0. The predicted molar refractivity (Wildman–Crippen MR) is 67.3 cm³/mol. The van der Waals surface area contributed by atoms with E-state index in [9.17, 15) is 19.3 Å². The van der Waals surface area contributed by atoms with Crippen LogP contribution in [0, 0.1) is 15.9 Å². The minimum absolute atomic E-state index is 0.0369. The van der Waals surface area contributed by atoms with Gasteiger partial charge < -0.3 is 10.8 Å². The third-order valence-corrected chi connectivity index (χ3v) is 2.68. The van der Waals surface area contributed by atoms with E-state index >= 15 is 0 Å². The summed E-state index contributed by atoms with van der Waals surface area (Å²) in [4.78, 5) is 20.3. The van der Waals surface area contributed by atoms with Gasteiger partial charge in [0.05, 0.1) is 22.5 Å². The quantitative estimate of drug-likeness (QED) is 0.596. The lowest BCUT2D eigenvalue weighted by Crippen LogP contribution is -2.32. The predicted octanol–water partition coefficient (Wildman–Crippen LogP) is 0.269. The van der Waals surface area contributed by atoms with Crippen LogP contribution in [-0.2, 0) is 11.2 Å². The maximum atomic E-state index is 13.5. The van der Waals surface area contributed by atoms with Crippen molar-refractivity contribution in [3.63, 3.8) is 0 Å². The molecule has 1 heterocycles. The maximum Gasteiger partial charge on any atom is 0.320 e. The van der Waals surface area contributed by atoms with Crippen LogP contribution in [0.5, 0.6) is 0 Å². The monoisotopic (exact) mass is 295 g/mol. The van der Waals surface area contributed by atoms with Crippen molar-refractivity contribution in [1.29, 1.82) is 0 Å². The smallest absolute Gasteiger partial charge is 0.320 e. The number of aromatic nitrogens is 3. The van der Waals surface area contributed by atoms with Crippen molar-refractivity contribution in [3.05, 3.63) is 46.0 Å². The Bertz CT molecular complexity index is 702. The summed E-state index contributed by atoms with van der Waals surface area (Å²) in [5.74, 6) is -2.18. The Kier molecular flexibility index (Phi) is 3.89. The molecule has 21 heavy (non-hydrogen) atoms. The number of halogens is 1. The average Bonchev–Trinajstić information content (AvgIpc) is 2.86. The molecule has 110 valence electrons. The highest BCUT2D eigenvalue weighted by atomic mass is 19.1. The molecule has 9 nitrogen and oxygen atoms in total. The highest BCUT2D eigenvalue weighted by Gasteiger charge is 2.17. The van der Waals surface area contributed by atoms with Gasteiger partial charge >= 0.3 is 11.7 Å². The molecule has 0 radical (unpaired) electrons. The Labute approximate surface area is 116 Å². The second-order valence-corrected chi connectivity index (χ2v) is 4.20. The van der Waals surface area contributed by atoms with Gasteiger partial charge in [0.15, 0.2) is 0 Å². The van der Waals surface area contributed by atoms with Crippen molar-refractivity contribution in [3.8, 4) is 5.69 Å². The molecule has 0 aliphatic heterocycles. The third-order valence-electron chi connectivity index (χ3n) is 2.68. The molecule has 1 atom stereocenters. The molecular formula is C11H10FN5O4. The van der Waals surface area contributed by atoms with E-state index in [1.54, 1.807) is 0 Å². The van der Waals surface area contributed by atoms with Gasteiger partial charge in [-0.15, -0.1) is 5.10 Å². The summed E-state index contributed by atoms with van der Waals surface area (Å²) >= 11 is 0. The molecule has 1 aromatic carbocycles. The molecular weight excluding hydrogens is 285 g/mol. The molecule has 0 amide bonds. The number of carbonyl (C=O) groups is 1. The fourth-order valence-electron chi connectivity index (χ4n) is 1.62. The second-order valence-electron chi connectivity index (χ2n) is 4.20. The number of nitro groups is 1. The lowest BCUT2D eigenvalue weighted by atomic mass is 10.2. The van der Waals surface area contributed by atoms with Gasteiger partial charge in [-0.05, 0) is 6.07 Å². The van der Waals surface area contributed by atoms with Crippen molar-refractivity contribution in [2.75, 3.05) is 0 Å². The number of nitrogens with two attached hydrogens (primary N) is 1. The molecule has 10 heteroatoms. The molecule has 0 aliphatic carbocycles. The number of aliphatic carboxylic acids is 1. The Morgan fingerprint density at radius 3 is 2.86 bits per heavy atom. The van der Waals surface area contributed by atoms with Crippen LogP contribution in [0.2, 0.25) is 0 Å². The molecule has 2 aromatic rings. The van der Waals surface area contributed by atoms with Crippen LogP contribution in [0.3, 0.4) is 0 Å². The standard InChI is InChI=1S/C11H10FN5O4/c12-8-4-7(1-2-10(8)17(20)21)16-5-6(14-15-16)3-9(13)11(18)19/h1-2,4-5,9H,3,13H2,(H,18,19). The number of nitro benzene ring substituents is 1. The Morgan fingerprint density at radius 1 is 1.57 bits per heavy atom. The minimum Gasteiger partial charge on any atom is -0.480 e. The Morgan fingerprint density at radius 2 is 2.29 bits per heavy atom. The zero-order chi connectivity index (χ0) is 15.6. The number of carboxylic acids is 1. The van der Waals surface area contributed by atoms with Gasteiger partial charge in [0.25, 0.3) is 0 Å². The number of nitrogens with zero attached hydrogens (tertiary/aromatic N) is 4. The molecule has 0 saturated heterocycles. The summed E-state index contributed by atoms with van der Waals surface area (Å²) in [5, 5.41) is 26.6. The fourth-order valence-corrected chi connectivity index (χ4v) is 1.62. The highest BCUT2D eigenvalue weighted by Crippen LogP contribution is 2.19. The number of hydrogen-bond donors (Lipinski definition) is 2. The van der Waals surface area contributed by atoms with Gasteiger partial charge in [0, 0.05) is 18.6 Å². The lowest BCUT2D eigenvalue weighted by Gasteiger charge is -2.02. The molecule has 1 unspecified atom stereocenters. The molecule has 2 rings (SSSR count). The Hall–Kier alpha value is -2.88.